The van der Waals surface area contributed by atoms with E-state index in [0.717, 1.165) is 19.4 Å². The molecule has 0 radical (unpaired) electrons. The highest BCUT2D eigenvalue weighted by molar-refractivity contribution is 6.00. The summed E-state index contributed by atoms with van der Waals surface area (Å²) in [4.78, 5) is 22.2. The third-order valence-corrected chi connectivity index (χ3v) is 3.49. The van der Waals surface area contributed by atoms with Gasteiger partial charge in [-0.15, -0.1) is 0 Å². The first kappa shape index (κ1) is 13.0. The van der Waals surface area contributed by atoms with Crippen molar-refractivity contribution in [2.45, 2.75) is 32.2 Å². The number of hydrogen-bond acceptors (Lipinski definition) is 4. The number of rotatable bonds is 4. The van der Waals surface area contributed by atoms with Crippen LogP contribution in [0.25, 0.3) is 0 Å². The van der Waals surface area contributed by atoms with Gasteiger partial charge < -0.3 is 10.1 Å². The van der Waals surface area contributed by atoms with Gasteiger partial charge in [0.05, 0.1) is 0 Å². The van der Waals surface area contributed by atoms with E-state index in [2.05, 4.69) is 5.32 Å². The molecule has 18 heavy (non-hydrogen) atoms. The predicted molar refractivity (Wildman–Crippen MR) is 68.0 cm³/mol. The Kier molecular flexibility index (Phi) is 3.97. The zero-order valence-electron chi connectivity index (χ0n) is 10.6. The minimum absolute atomic E-state index is 0.00664. The molecule has 0 aromatic heterocycles. The van der Waals surface area contributed by atoms with E-state index in [9.17, 15) is 9.59 Å². The van der Waals surface area contributed by atoms with Crippen LogP contribution in [0, 0.1) is 5.41 Å². The van der Waals surface area contributed by atoms with Crippen molar-refractivity contribution in [2.75, 3.05) is 13.2 Å². The fourth-order valence-corrected chi connectivity index (χ4v) is 2.52. The maximum atomic E-state index is 11.2. The lowest BCUT2D eigenvalue weighted by atomic mass is 9.78. The van der Waals surface area contributed by atoms with Crippen LogP contribution in [0.4, 0.5) is 0 Å². The van der Waals surface area contributed by atoms with Crippen molar-refractivity contribution < 1.29 is 14.3 Å². The molecule has 4 heteroatoms. The van der Waals surface area contributed by atoms with E-state index in [-0.39, 0.29) is 17.2 Å². The molecule has 0 aromatic rings. The lowest BCUT2D eigenvalue weighted by Crippen LogP contribution is -2.34. The van der Waals surface area contributed by atoms with Crippen molar-refractivity contribution in [3.05, 3.63) is 24.3 Å². The third-order valence-electron chi connectivity index (χ3n) is 3.49. The van der Waals surface area contributed by atoms with Crippen LogP contribution >= 0.6 is 0 Å². The molecule has 2 aliphatic rings. The van der Waals surface area contributed by atoms with Gasteiger partial charge in [0, 0.05) is 18.4 Å². The Morgan fingerprint density at radius 2 is 2.22 bits per heavy atom. The van der Waals surface area contributed by atoms with Gasteiger partial charge in [-0.2, -0.15) is 0 Å². The SMILES string of the molecule is CC(=O)OCC1(C[C@@H]2CCCN2)C=CC(=O)C=C1. The van der Waals surface area contributed by atoms with Crippen LogP contribution in [0.1, 0.15) is 26.2 Å². The largest absolute Gasteiger partial charge is 0.465 e. The third kappa shape index (κ3) is 3.29. The first-order valence-electron chi connectivity index (χ1n) is 6.39. The molecule has 0 bridgehead atoms. The van der Waals surface area contributed by atoms with E-state index in [4.69, 9.17) is 4.74 Å². The van der Waals surface area contributed by atoms with Crippen LogP contribution in [0.3, 0.4) is 0 Å². The van der Waals surface area contributed by atoms with Crippen molar-refractivity contribution in [3.8, 4) is 0 Å². The molecule has 1 fully saturated rings. The molecule has 1 atom stereocenters. The summed E-state index contributed by atoms with van der Waals surface area (Å²) < 4.78 is 5.15. The van der Waals surface area contributed by atoms with Gasteiger partial charge in [0.25, 0.3) is 0 Å². The highest BCUT2D eigenvalue weighted by atomic mass is 16.5. The summed E-state index contributed by atoms with van der Waals surface area (Å²) in [5.41, 5.74) is -0.332. The summed E-state index contributed by atoms with van der Waals surface area (Å²) in [6.07, 6.45) is 10.1. The Labute approximate surface area is 107 Å². The van der Waals surface area contributed by atoms with E-state index >= 15 is 0 Å². The number of ketones is 1. The fraction of sp³-hybridized carbons (Fsp3) is 0.571. The molecule has 1 N–H and O–H groups in total. The van der Waals surface area contributed by atoms with E-state index in [1.165, 1.54) is 13.3 Å². The van der Waals surface area contributed by atoms with Gasteiger partial charge in [0.15, 0.2) is 5.78 Å². The molecule has 2 rings (SSSR count). The predicted octanol–water partition coefficient (Wildman–Crippen LogP) is 1.37. The molecular weight excluding hydrogens is 230 g/mol. The number of ether oxygens (including phenoxy) is 1. The first-order chi connectivity index (χ1) is 8.60. The maximum absolute atomic E-state index is 11.2. The van der Waals surface area contributed by atoms with Crippen LogP contribution < -0.4 is 5.32 Å². The zero-order valence-corrected chi connectivity index (χ0v) is 10.6. The zero-order chi connectivity index (χ0) is 13.0. The molecule has 1 saturated heterocycles. The Morgan fingerprint density at radius 3 is 2.78 bits per heavy atom. The number of carbonyl (C=O) groups is 2. The number of hydrogen-bond donors (Lipinski definition) is 1. The first-order valence-corrected chi connectivity index (χ1v) is 6.39. The van der Waals surface area contributed by atoms with Gasteiger partial charge in [-0.3, -0.25) is 9.59 Å². The number of nitrogens with one attached hydrogen (secondary N) is 1. The van der Waals surface area contributed by atoms with Crippen molar-refractivity contribution in [2.24, 2.45) is 5.41 Å². The van der Waals surface area contributed by atoms with Crippen molar-refractivity contribution in [1.82, 2.24) is 5.32 Å². The Morgan fingerprint density at radius 1 is 1.50 bits per heavy atom. The standard InChI is InChI=1S/C14H19NO3/c1-11(16)18-10-14(6-4-13(17)5-7-14)9-12-3-2-8-15-12/h4-7,12,15H,2-3,8-10H2,1H3/t12-/m0/s1. The van der Waals surface area contributed by atoms with Gasteiger partial charge in [-0.25, -0.2) is 0 Å². The van der Waals surface area contributed by atoms with Gasteiger partial charge in [0.2, 0.25) is 0 Å². The summed E-state index contributed by atoms with van der Waals surface area (Å²) >= 11 is 0. The van der Waals surface area contributed by atoms with Gasteiger partial charge in [-0.05, 0) is 38.0 Å². The second kappa shape index (κ2) is 5.48. The molecule has 0 saturated carbocycles. The van der Waals surface area contributed by atoms with Crippen LogP contribution in [-0.4, -0.2) is 30.9 Å². The maximum Gasteiger partial charge on any atom is 0.302 e. The molecule has 0 aromatic carbocycles. The second-order valence-corrected chi connectivity index (χ2v) is 5.08. The smallest absolute Gasteiger partial charge is 0.302 e. The summed E-state index contributed by atoms with van der Waals surface area (Å²) in [7, 11) is 0. The lowest BCUT2D eigenvalue weighted by Gasteiger charge is -2.31. The highest BCUT2D eigenvalue weighted by Gasteiger charge is 2.32. The molecule has 4 nitrogen and oxygen atoms in total. The average molecular weight is 249 g/mol. The van der Waals surface area contributed by atoms with Gasteiger partial charge in [0.1, 0.15) is 6.61 Å². The van der Waals surface area contributed by atoms with Gasteiger partial charge in [-0.1, -0.05) is 12.2 Å². The minimum Gasteiger partial charge on any atom is -0.465 e. The van der Waals surface area contributed by atoms with Crippen LogP contribution in [0.5, 0.6) is 0 Å². The average Bonchev–Trinajstić information content (AvgIpc) is 2.83. The quantitative estimate of drug-likeness (QED) is 0.765. The Hall–Kier alpha value is -1.42. The number of esters is 1. The molecule has 98 valence electrons. The summed E-state index contributed by atoms with van der Waals surface area (Å²) in [5, 5.41) is 3.43. The highest BCUT2D eigenvalue weighted by Crippen LogP contribution is 2.32. The Balaban J connectivity index is 2.06. The molecule has 0 amide bonds. The second-order valence-electron chi connectivity index (χ2n) is 5.08. The molecule has 1 aliphatic heterocycles. The van der Waals surface area contributed by atoms with E-state index in [1.807, 2.05) is 12.2 Å². The summed E-state index contributed by atoms with van der Waals surface area (Å²) in [5.74, 6) is -0.291. The normalized spacial score (nSPS) is 25.4. The monoisotopic (exact) mass is 249 g/mol. The van der Waals surface area contributed by atoms with Gasteiger partial charge >= 0.3 is 5.97 Å². The van der Waals surface area contributed by atoms with Crippen molar-refractivity contribution in [3.63, 3.8) is 0 Å². The molecule has 1 aliphatic carbocycles. The minimum atomic E-state index is -0.332. The lowest BCUT2D eigenvalue weighted by molar-refractivity contribution is -0.143. The molecular formula is C14H19NO3. The molecule has 0 unspecified atom stereocenters. The summed E-state index contributed by atoms with van der Waals surface area (Å²) in [6.45, 7) is 2.75. The molecule has 0 spiro atoms. The van der Waals surface area contributed by atoms with Crippen LogP contribution in [0.2, 0.25) is 0 Å². The van der Waals surface area contributed by atoms with E-state index in [0.29, 0.717) is 12.6 Å². The Bertz CT molecular complexity index is 376. The fourth-order valence-electron chi connectivity index (χ4n) is 2.52. The molecule has 1 heterocycles. The summed E-state index contributed by atoms with van der Waals surface area (Å²) in [6, 6.07) is 0.433. The van der Waals surface area contributed by atoms with Crippen molar-refractivity contribution in [1.29, 1.82) is 0 Å². The van der Waals surface area contributed by atoms with Crippen LogP contribution in [-0.2, 0) is 14.3 Å². The van der Waals surface area contributed by atoms with Crippen molar-refractivity contribution >= 4 is 11.8 Å². The van der Waals surface area contributed by atoms with Crippen LogP contribution in [0.15, 0.2) is 24.3 Å². The number of allylic oxidation sites excluding steroid dienone is 2. The van der Waals surface area contributed by atoms with E-state index < -0.39 is 0 Å². The number of carbonyl (C=O) groups excluding carboxylic acids is 2. The van der Waals surface area contributed by atoms with E-state index in [1.54, 1.807) is 12.2 Å². The topological polar surface area (TPSA) is 55.4 Å².